The summed E-state index contributed by atoms with van der Waals surface area (Å²) in [6, 6.07) is 8.54. The number of alkyl halides is 3. The zero-order valence-corrected chi connectivity index (χ0v) is 17.4. The van der Waals surface area contributed by atoms with Crippen LogP contribution in [0.2, 0.25) is 0 Å². The molecule has 4 rings (SSSR count). The second kappa shape index (κ2) is 8.89. The average molecular weight is 470 g/mol. The predicted molar refractivity (Wildman–Crippen MR) is 114 cm³/mol. The van der Waals surface area contributed by atoms with Crippen LogP contribution >= 0.6 is 0 Å². The Balaban J connectivity index is 1.58. The summed E-state index contributed by atoms with van der Waals surface area (Å²) >= 11 is 0. The molecule has 1 atom stereocenters. The van der Waals surface area contributed by atoms with Crippen molar-refractivity contribution < 1.29 is 27.6 Å². The number of carbonyl (C=O) groups excluding carboxylic acids is 3. The largest absolute Gasteiger partial charge is 0.417 e. The van der Waals surface area contributed by atoms with Crippen molar-refractivity contribution in [1.29, 1.82) is 0 Å². The molecule has 0 saturated carbocycles. The van der Waals surface area contributed by atoms with Gasteiger partial charge in [-0.2, -0.15) is 13.2 Å². The fraction of sp³-hybridized carbons (Fsp3) is 0.182. The van der Waals surface area contributed by atoms with E-state index in [4.69, 9.17) is 5.73 Å². The van der Waals surface area contributed by atoms with Crippen LogP contribution in [-0.2, 0) is 11.0 Å². The van der Waals surface area contributed by atoms with E-state index in [2.05, 4.69) is 25.6 Å². The molecule has 3 heterocycles. The summed E-state index contributed by atoms with van der Waals surface area (Å²) in [6.45, 7) is 0.514. The second-order valence-electron chi connectivity index (χ2n) is 7.44. The van der Waals surface area contributed by atoms with Gasteiger partial charge in [0, 0.05) is 29.9 Å². The highest BCUT2D eigenvalue weighted by molar-refractivity contribution is 6.07. The van der Waals surface area contributed by atoms with Crippen LogP contribution in [0.5, 0.6) is 0 Å². The molecule has 1 aliphatic rings. The van der Waals surface area contributed by atoms with Gasteiger partial charge in [0.25, 0.3) is 5.91 Å². The summed E-state index contributed by atoms with van der Waals surface area (Å²) in [5.41, 5.74) is 4.83. The quantitative estimate of drug-likeness (QED) is 0.469. The van der Waals surface area contributed by atoms with E-state index in [0.29, 0.717) is 24.7 Å². The Morgan fingerprint density at radius 3 is 2.35 bits per heavy atom. The van der Waals surface area contributed by atoms with Gasteiger partial charge >= 0.3 is 6.18 Å². The first-order chi connectivity index (χ1) is 16.1. The van der Waals surface area contributed by atoms with Gasteiger partial charge in [0.05, 0.1) is 5.56 Å². The Morgan fingerprint density at radius 2 is 1.79 bits per heavy atom. The third kappa shape index (κ3) is 4.85. The number of hydrogen-bond donors (Lipinski definition) is 3. The third-order valence-electron chi connectivity index (χ3n) is 5.08. The molecule has 9 nitrogen and oxygen atoms in total. The molecule has 1 unspecified atom stereocenters. The molecule has 1 aromatic carbocycles. The van der Waals surface area contributed by atoms with Gasteiger partial charge in [-0.05, 0) is 18.6 Å². The number of nitrogens with one attached hydrogen (secondary N) is 2. The van der Waals surface area contributed by atoms with E-state index in [0.717, 1.165) is 12.1 Å². The summed E-state index contributed by atoms with van der Waals surface area (Å²) < 4.78 is 38.1. The van der Waals surface area contributed by atoms with E-state index in [1.54, 1.807) is 0 Å². The lowest BCUT2D eigenvalue weighted by atomic mass is 10.0. The van der Waals surface area contributed by atoms with Crippen LogP contribution in [0, 0.1) is 0 Å². The van der Waals surface area contributed by atoms with E-state index in [1.165, 1.54) is 30.3 Å². The Bertz CT molecular complexity index is 1260. The summed E-state index contributed by atoms with van der Waals surface area (Å²) in [5.74, 6) is -1.19. The number of anilines is 1. The maximum absolute atomic E-state index is 12.7. The Kier molecular flexibility index (Phi) is 5.97. The number of primary amides is 1. The fourth-order valence-electron chi connectivity index (χ4n) is 3.30. The molecule has 0 aliphatic carbocycles. The molecule has 0 bridgehead atoms. The minimum Gasteiger partial charge on any atom is -0.364 e. The van der Waals surface area contributed by atoms with Crippen LogP contribution in [0.15, 0.2) is 48.7 Å². The van der Waals surface area contributed by atoms with Crippen molar-refractivity contribution >= 4 is 23.4 Å². The lowest BCUT2D eigenvalue weighted by Crippen LogP contribution is -2.30. The van der Waals surface area contributed by atoms with Crippen molar-refractivity contribution in [3.63, 3.8) is 0 Å². The first kappa shape index (κ1) is 22.8. The summed E-state index contributed by atoms with van der Waals surface area (Å²) in [5, 5.41) is 5.63. The zero-order chi connectivity index (χ0) is 24.5. The van der Waals surface area contributed by atoms with Crippen molar-refractivity contribution in [2.45, 2.75) is 18.6 Å². The van der Waals surface area contributed by atoms with E-state index >= 15 is 0 Å². The number of pyridine rings is 1. The lowest BCUT2D eigenvalue weighted by molar-refractivity contribution is -0.137. The number of aromatic nitrogens is 3. The molecule has 174 valence electrons. The van der Waals surface area contributed by atoms with Crippen LogP contribution < -0.4 is 16.4 Å². The second-order valence-corrected chi connectivity index (χ2v) is 7.44. The highest BCUT2D eigenvalue weighted by Crippen LogP contribution is 2.28. The van der Waals surface area contributed by atoms with Gasteiger partial charge in [0.1, 0.15) is 23.2 Å². The number of amides is 2. The van der Waals surface area contributed by atoms with E-state index in [-0.39, 0.29) is 34.5 Å². The number of ketones is 1. The van der Waals surface area contributed by atoms with Gasteiger partial charge in [0.15, 0.2) is 5.82 Å². The topological polar surface area (TPSA) is 140 Å². The molecule has 34 heavy (non-hydrogen) atoms. The van der Waals surface area contributed by atoms with Crippen molar-refractivity contribution in [2.24, 2.45) is 5.73 Å². The first-order valence-electron chi connectivity index (χ1n) is 10.0. The van der Waals surface area contributed by atoms with E-state index in [1.807, 2.05) is 0 Å². The van der Waals surface area contributed by atoms with Crippen molar-refractivity contribution in [2.75, 3.05) is 11.9 Å². The van der Waals surface area contributed by atoms with Crippen LogP contribution in [0.4, 0.5) is 19.0 Å². The molecule has 4 N–H and O–H groups in total. The number of nitrogens with two attached hydrogens (primary N) is 1. The van der Waals surface area contributed by atoms with Gasteiger partial charge in [0.2, 0.25) is 11.7 Å². The maximum atomic E-state index is 12.7. The van der Waals surface area contributed by atoms with Crippen molar-refractivity contribution in [3.8, 4) is 11.4 Å². The smallest absolute Gasteiger partial charge is 0.364 e. The summed E-state index contributed by atoms with van der Waals surface area (Å²) in [7, 11) is 0. The molecule has 1 aliphatic heterocycles. The van der Waals surface area contributed by atoms with Crippen LogP contribution in [0.25, 0.3) is 11.4 Å². The lowest BCUT2D eigenvalue weighted by Gasteiger charge is -2.12. The third-order valence-corrected chi connectivity index (χ3v) is 5.08. The van der Waals surface area contributed by atoms with Gasteiger partial charge in [-0.3, -0.25) is 19.4 Å². The molecular formula is C22H17F3N6O3. The number of hydrogen-bond acceptors (Lipinski definition) is 7. The van der Waals surface area contributed by atoms with Crippen molar-refractivity contribution in [3.05, 3.63) is 71.2 Å². The minimum atomic E-state index is -4.55. The van der Waals surface area contributed by atoms with Crippen LogP contribution in [0.3, 0.4) is 0 Å². The minimum absolute atomic E-state index is 0.0694. The number of halogens is 3. The fourth-order valence-corrected chi connectivity index (χ4v) is 3.30. The predicted octanol–water partition coefficient (Wildman–Crippen LogP) is 2.19. The first-order valence-corrected chi connectivity index (χ1v) is 10.0. The molecule has 1 saturated heterocycles. The van der Waals surface area contributed by atoms with Gasteiger partial charge in [-0.15, -0.1) is 0 Å². The van der Waals surface area contributed by atoms with Gasteiger partial charge < -0.3 is 16.4 Å². The maximum Gasteiger partial charge on any atom is 0.417 e. The van der Waals surface area contributed by atoms with Crippen LogP contribution in [0.1, 0.15) is 38.5 Å². The van der Waals surface area contributed by atoms with Gasteiger partial charge in [-0.1, -0.05) is 24.3 Å². The number of rotatable bonds is 6. The molecule has 2 amide bonds. The highest BCUT2D eigenvalue weighted by Gasteiger charge is 2.31. The standard InChI is InChI=1S/C22H17F3N6O3/c23-22(24,25)13-5-6-14(28-10-13)18(32)11-1-3-12(4-2-11)20-30-16(19(26)33)9-17(31-20)29-15-7-8-27-21(15)34/h1-6,9-10,15H,7-8H2,(H2,26,33)(H,27,34)(H,29,30,31). The number of benzene rings is 1. The summed E-state index contributed by atoms with van der Waals surface area (Å²) in [6.07, 6.45) is -3.41. The molecule has 0 spiro atoms. The van der Waals surface area contributed by atoms with Gasteiger partial charge in [-0.25, -0.2) is 9.97 Å². The monoisotopic (exact) mass is 470 g/mol. The Morgan fingerprint density at radius 1 is 1.06 bits per heavy atom. The molecule has 2 aromatic heterocycles. The van der Waals surface area contributed by atoms with E-state index < -0.39 is 29.5 Å². The Hall–Kier alpha value is -4.35. The average Bonchev–Trinajstić information content (AvgIpc) is 3.22. The highest BCUT2D eigenvalue weighted by atomic mass is 19.4. The normalized spacial score (nSPS) is 15.6. The van der Waals surface area contributed by atoms with Crippen LogP contribution in [-0.4, -0.2) is 45.1 Å². The molecule has 12 heteroatoms. The zero-order valence-electron chi connectivity index (χ0n) is 17.4. The molecule has 3 aromatic rings. The number of carbonyl (C=O) groups is 3. The van der Waals surface area contributed by atoms with Crippen molar-refractivity contribution in [1.82, 2.24) is 20.3 Å². The molecular weight excluding hydrogens is 453 g/mol. The summed E-state index contributed by atoms with van der Waals surface area (Å²) in [4.78, 5) is 48.2. The number of nitrogens with zero attached hydrogens (tertiary/aromatic N) is 3. The SMILES string of the molecule is NC(=O)c1cc(NC2CCNC2=O)nc(-c2ccc(C(=O)c3ccc(C(F)(F)F)cn3)cc2)n1. The Labute approximate surface area is 190 Å². The van der Waals surface area contributed by atoms with E-state index in [9.17, 15) is 27.6 Å². The molecule has 1 fully saturated rings. The molecule has 0 radical (unpaired) electrons.